The number of anilines is 1. The average molecular weight is 431 g/mol. The highest BCUT2D eigenvalue weighted by atomic mass is 19.1. The van der Waals surface area contributed by atoms with Crippen LogP contribution in [0.5, 0.6) is 0 Å². The first-order valence-corrected chi connectivity index (χ1v) is 9.91. The van der Waals surface area contributed by atoms with Crippen LogP contribution >= 0.6 is 0 Å². The second kappa shape index (κ2) is 8.46. The zero-order valence-electron chi connectivity index (χ0n) is 16.8. The topological polar surface area (TPSA) is 114 Å². The predicted octanol–water partition coefficient (Wildman–Crippen LogP) is 2.76. The third-order valence-electron chi connectivity index (χ3n) is 5.56. The van der Waals surface area contributed by atoms with Crippen molar-refractivity contribution in [2.75, 3.05) is 31.2 Å². The van der Waals surface area contributed by atoms with Crippen molar-refractivity contribution in [1.29, 1.82) is 5.41 Å². The van der Waals surface area contributed by atoms with Gasteiger partial charge in [0.15, 0.2) is 17.6 Å². The minimum atomic E-state index is -0.968. The summed E-state index contributed by atoms with van der Waals surface area (Å²) in [6, 6.07) is 5.79. The number of carbonyl (C=O) groups excluding carboxylic acids is 1. The van der Waals surface area contributed by atoms with Gasteiger partial charge in [0.05, 0.1) is 6.61 Å². The lowest BCUT2D eigenvalue weighted by Gasteiger charge is -2.52. The minimum Gasteiger partial charge on any atom is -0.444 e. The lowest BCUT2D eigenvalue weighted by molar-refractivity contribution is -0.0239. The van der Waals surface area contributed by atoms with Crippen LogP contribution in [0.1, 0.15) is 18.4 Å². The lowest BCUT2D eigenvalue weighted by atomic mass is 9.75. The molecule has 1 aromatic carbocycles. The van der Waals surface area contributed by atoms with E-state index in [0.29, 0.717) is 19.7 Å². The van der Waals surface area contributed by atoms with Crippen molar-refractivity contribution >= 4 is 17.9 Å². The van der Waals surface area contributed by atoms with Crippen LogP contribution in [-0.4, -0.2) is 43.3 Å². The van der Waals surface area contributed by atoms with Gasteiger partial charge in [-0.25, -0.2) is 18.6 Å². The Labute approximate surface area is 177 Å². The number of halogens is 2. The summed E-state index contributed by atoms with van der Waals surface area (Å²) in [7, 11) is 0. The van der Waals surface area contributed by atoms with Crippen LogP contribution in [0.3, 0.4) is 0 Å². The van der Waals surface area contributed by atoms with E-state index in [1.54, 1.807) is 6.07 Å². The fraction of sp³-hybridized carbons (Fsp3) is 0.381. The number of alkyl carbamates (subject to hydrolysis) is 1. The van der Waals surface area contributed by atoms with E-state index in [2.05, 4.69) is 4.98 Å². The van der Waals surface area contributed by atoms with E-state index in [0.717, 1.165) is 19.4 Å². The van der Waals surface area contributed by atoms with Crippen LogP contribution < -0.4 is 16.0 Å². The Kier molecular flexibility index (Phi) is 5.73. The molecule has 2 aliphatic heterocycles. The molecule has 4 rings (SSSR count). The Balaban J connectivity index is 1.47. The second-order valence-corrected chi connectivity index (χ2v) is 7.94. The van der Waals surface area contributed by atoms with Crippen molar-refractivity contribution in [2.45, 2.75) is 19.4 Å². The largest absolute Gasteiger partial charge is 0.444 e. The highest BCUT2D eigenvalue weighted by molar-refractivity contribution is 5.90. The van der Waals surface area contributed by atoms with Gasteiger partial charge in [-0.3, -0.25) is 10.7 Å². The number of nitrogens with two attached hydrogens (primary N) is 1. The average Bonchev–Trinajstić information content (AvgIpc) is 2.71. The monoisotopic (exact) mass is 431 g/mol. The first kappa shape index (κ1) is 21.0. The zero-order chi connectivity index (χ0) is 22.0. The Morgan fingerprint density at radius 3 is 2.87 bits per heavy atom. The quantitative estimate of drug-likeness (QED) is 0.507. The van der Waals surface area contributed by atoms with Crippen molar-refractivity contribution < 1.29 is 23.0 Å². The Hall–Kier alpha value is -3.27. The van der Waals surface area contributed by atoms with Crippen molar-refractivity contribution in [2.24, 2.45) is 11.1 Å². The van der Waals surface area contributed by atoms with Gasteiger partial charge in [0.2, 0.25) is 0 Å². The van der Waals surface area contributed by atoms with Gasteiger partial charge in [-0.15, -0.1) is 0 Å². The maximum atomic E-state index is 14.9. The summed E-state index contributed by atoms with van der Waals surface area (Å²) < 4.78 is 40.1. The fourth-order valence-electron chi connectivity index (χ4n) is 4.09. The highest BCUT2D eigenvalue weighted by Gasteiger charge is 2.45. The summed E-state index contributed by atoms with van der Waals surface area (Å²) in [5.74, 6) is -1.49. The molecule has 0 unspecified atom stereocenters. The number of nitrogens with zero attached hydrogens (tertiary/aromatic N) is 2. The zero-order valence-corrected chi connectivity index (χ0v) is 16.8. The predicted molar refractivity (Wildman–Crippen MR) is 110 cm³/mol. The summed E-state index contributed by atoms with van der Waals surface area (Å²) in [6.07, 6.45) is 2.54. The molecule has 0 atom stereocenters. The fourth-order valence-corrected chi connectivity index (χ4v) is 4.09. The van der Waals surface area contributed by atoms with Crippen LogP contribution in [0.25, 0.3) is 11.1 Å². The molecule has 0 saturated carbocycles. The van der Waals surface area contributed by atoms with E-state index in [9.17, 15) is 13.6 Å². The first-order chi connectivity index (χ1) is 14.9. The maximum Gasteiger partial charge on any atom is 0.414 e. The molecule has 1 spiro atoms. The molecular weight excluding hydrogens is 408 g/mol. The molecule has 3 heterocycles. The maximum absolute atomic E-state index is 14.9. The van der Waals surface area contributed by atoms with Crippen LogP contribution in [0.4, 0.5) is 19.4 Å². The summed E-state index contributed by atoms with van der Waals surface area (Å²) in [6.45, 7) is 2.48. The number of hydrogen-bond acceptors (Lipinski definition) is 6. The molecule has 1 amide bonds. The molecule has 2 fully saturated rings. The lowest BCUT2D eigenvalue weighted by Crippen LogP contribution is -2.60. The van der Waals surface area contributed by atoms with Crippen molar-refractivity contribution in [3.8, 4) is 11.1 Å². The summed E-state index contributed by atoms with van der Waals surface area (Å²) in [5.41, 5.74) is 5.65. The molecule has 2 saturated heterocycles. The van der Waals surface area contributed by atoms with Crippen LogP contribution in [0, 0.1) is 22.5 Å². The SMILES string of the molecule is N=C(N)NC(=O)OCc1cccc(-c2cnc(N3CC4(CCCOC4)C3)c(F)c2)c1F. The molecular formula is C21H23F2N5O3. The van der Waals surface area contributed by atoms with E-state index < -0.39 is 23.7 Å². The van der Waals surface area contributed by atoms with E-state index in [1.807, 2.05) is 10.2 Å². The first-order valence-electron chi connectivity index (χ1n) is 9.91. The molecule has 8 nitrogen and oxygen atoms in total. The minimum absolute atomic E-state index is 0.0835. The molecule has 0 radical (unpaired) electrons. The Morgan fingerprint density at radius 1 is 1.39 bits per heavy atom. The van der Waals surface area contributed by atoms with Crippen LogP contribution in [0.15, 0.2) is 30.5 Å². The number of aromatic nitrogens is 1. The van der Waals surface area contributed by atoms with Crippen molar-refractivity contribution in [3.05, 3.63) is 47.7 Å². The van der Waals surface area contributed by atoms with Crippen molar-refractivity contribution in [1.82, 2.24) is 10.3 Å². The summed E-state index contributed by atoms with van der Waals surface area (Å²) in [4.78, 5) is 17.6. The molecule has 0 bridgehead atoms. The van der Waals surface area contributed by atoms with Gasteiger partial charge in [0.1, 0.15) is 12.4 Å². The number of carbonyl (C=O) groups is 1. The number of benzene rings is 1. The molecule has 2 aliphatic rings. The number of ether oxygens (including phenoxy) is 2. The van der Waals surface area contributed by atoms with Crippen LogP contribution in [-0.2, 0) is 16.1 Å². The van der Waals surface area contributed by atoms with Gasteiger partial charge in [0.25, 0.3) is 0 Å². The van der Waals surface area contributed by atoms with E-state index in [1.165, 1.54) is 24.4 Å². The second-order valence-electron chi connectivity index (χ2n) is 7.94. The third kappa shape index (κ3) is 4.43. The standard InChI is InChI=1S/C21H23F2N5O3/c22-16-7-14(8-26-18(16)28-10-21(11-28)5-2-6-30-12-21)15-4-1-3-13(17(15)23)9-31-20(29)27-19(24)25/h1,3-4,7-8H,2,5-6,9-12H2,(H4,24,25,27,29). The summed E-state index contributed by atoms with van der Waals surface area (Å²) >= 11 is 0. The molecule has 31 heavy (non-hydrogen) atoms. The van der Waals surface area contributed by atoms with Crippen molar-refractivity contribution in [3.63, 3.8) is 0 Å². The smallest absolute Gasteiger partial charge is 0.414 e. The van der Waals surface area contributed by atoms with E-state index in [4.69, 9.17) is 20.6 Å². The van der Waals surface area contributed by atoms with Gasteiger partial charge < -0.3 is 20.1 Å². The van der Waals surface area contributed by atoms with E-state index >= 15 is 0 Å². The molecule has 10 heteroatoms. The van der Waals surface area contributed by atoms with Crippen LogP contribution in [0.2, 0.25) is 0 Å². The number of hydrogen-bond donors (Lipinski definition) is 3. The molecule has 4 N–H and O–H groups in total. The third-order valence-corrected chi connectivity index (χ3v) is 5.56. The van der Waals surface area contributed by atoms with Gasteiger partial charge in [0, 0.05) is 48.0 Å². The number of rotatable bonds is 4. The summed E-state index contributed by atoms with van der Waals surface area (Å²) in [5, 5.41) is 8.92. The van der Waals surface area contributed by atoms with E-state index in [-0.39, 0.29) is 34.5 Å². The van der Waals surface area contributed by atoms with Gasteiger partial charge >= 0.3 is 6.09 Å². The Morgan fingerprint density at radius 2 is 2.19 bits per heavy atom. The molecule has 2 aromatic rings. The molecule has 164 valence electrons. The number of amides is 1. The molecule has 0 aliphatic carbocycles. The van der Waals surface area contributed by atoms with Gasteiger partial charge in [-0.05, 0) is 18.9 Å². The normalized spacial score (nSPS) is 17.2. The number of guanidine groups is 1. The van der Waals surface area contributed by atoms with Gasteiger partial charge in [-0.2, -0.15) is 0 Å². The van der Waals surface area contributed by atoms with Gasteiger partial charge in [-0.1, -0.05) is 18.2 Å². The number of nitrogens with one attached hydrogen (secondary N) is 2. The number of pyridine rings is 1. The Bertz CT molecular complexity index is 1000. The molecule has 1 aromatic heterocycles. The highest BCUT2D eigenvalue weighted by Crippen LogP contribution is 2.41.